The van der Waals surface area contributed by atoms with Crippen LogP contribution in [-0.2, 0) is 9.84 Å². The van der Waals surface area contributed by atoms with Crippen molar-refractivity contribution in [2.45, 2.75) is 9.79 Å². The second kappa shape index (κ2) is 10.4. The van der Waals surface area contributed by atoms with Gasteiger partial charge in [-0.05, 0) is 59.7 Å². The van der Waals surface area contributed by atoms with E-state index >= 15 is 0 Å². The lowest BCUT2D eigenvalue weighted by Crippen LogP contribution is -2.49. The summed E-state index contributed by atoms with van der Waals surface area (Å²) in [5, 5.41) is 0. The number of methoxy groups -OCH3 is 2. The van der Waals surface area contributed by atoms with E-state index in [1.165, 1.54) is 44.6 Å². The molecule has 41 heavy (non-hydrogen) atoms. The van der Waals surface area contributed by atoms with Gasteiger partial charge in [0.05, 0.1) is 35.1 Å². The Morgan fingerprint density at radius 3 is 2.24 bits per heavy atom. The summed E-state index contributed by atoms with van der Waals surface area (Å²) in [6, 6.07) is 20.1. The monoisotopic (exact) mass is 569 g/mol. The molecule has 4 aromatic rings. The Labute approximate surface area is 237 Å². The molecule has 0 unspecified atom stereocenters. The molecular formula is C31H27N3O6S. The Kier molecular flexibility index (Phi) is 6.70. The molecule has 1 fully saturated rings. The number of hydrogen-bond acceptors (Lipinski definition) is 8. The van der Waals surface area contributed by atoms with E-state index in [0.717, 1.165) is 5.82 Å². The maximum Gasteiger partial charge on any atom is 0.254 e. The van der Waals surface area contributed by atoms with Crippen LogP contribution in [0.4, 0.5) is 5.82 Å². The number of carbonyl (C=O) groups is 2. The van der Waals surface area contributed by atoms with Gasteiger partial charge in [-0.2, -0.15) is 0 Å². The van der Waals surface area contributed by atoms with Gasteiger partial charge >= 0.3 is 0 Å². The third-order valence-corrected chi connectivity index (χ3v) is 9.38. The average Bonchev–Trinajstić information content (AvgIpc) is 3.03. The molecule has 3 heterocycles. The molecular weight excluding hydrogens is 542 g/mol. The normalized spacial score (nSPS) is 15.6. The molecule has 1 saturated heterocycles. The third-order valence-electron chi connectivity index (χ3n) is 7.55. The summed E-state index contributed by atoms with van der Waals surface area (Å²) in [4.78, 5) is 35.3. The van der Waals surface area contributed by atoms with Crippen LogP contribution in [0, 0.1) is 0 Å². The van der Waals surface area contributed by atoms with Crippen LogP contribution in [-0.4, -0.2) is 70.4 Å². The Balaban J connectivity index is 1.33. The molecule has 2 aliphatic rings. The molecule has 0 atom stereocenters. The molecule has 10 heteroatoms. The molecule has 208 valence electrons. The molecule has 0 spiro atoms. The topological polar surface area (TPSA) is 106 Å². The van der Waals surface area contributed by atoms with Crippen molar-refractivity contribution in [2.24, 2.45) is 0 Å². The van der Waals surface area contributed by atoms with E-state index in [0.29, 0.717) is 48.8 Å². The van der Waals surface area contributed by atoms with Crippen LogP contribution in [0.15, 0.2) is 88.8 Å². The van der Waals surface area contributed by atoms with Crippen molar-refractivity contribution in [3.63, 3.8) is 0 Å². The number of ketones is 1. The SMILES string of the molecule is COc1ccc(-c2ccc3c(c2)S(=O)(=O)c2cccc(C(=O)N4CCN(c5ccccn5)CC4)c2C3=O)cc1OC. The van der Waals surface area contributed by atoms with Gasteiger partial charge in [0, 0.05) is 37.9 Å². The highest BCUT2D eigenvalue weighted by atomic mass is 32.2. The van der Waals surface area contributed by atoms with Crippen molar-refractivity contribution in [3.05, 3.63) is 95.7 Å². The van der Waals surface area contributed by atoms with Gasteiger partial charge in [-0.15, -0.1) is 0 Å². The lowest BCUT2D eigenvalue weighted by Gasteiger charge is -2.36. The average molecular weight is 570 g/mol. The highest BCUT2D eigenvalue weighted by Crippen LogP contribution is 2.40. The summed E-state index contributed by atoms with van der Waals surface area (Å²) in [5.74, 6) is 1.02. The molecule has 1 amide bonds. The number of pyridine rings is 1. The van der Waals surface area contributed by atoms with Crippen molar-refractivity contribution in [1.29, 1.82) is 0 Å². The zero-order chi connectivity index (χ0) is 28.7. The number of aromatic nitrogens is 1. The summed E-state index contributed by atoms with van der Waals surface area (Å²) in [7, 11) is -1.03. The predicted molar refractivity (Wildman–Crippen MR) is 153 cm³/mol. The number of sulfone groups is 1. The van der Waals surface area contributed by atoms with Crippen LogP contribution in [0.1, 0.15) is 26.3 Å². The van der Waals surface area contributed by atoms with E-state index in [4.69, 9.17) is 9.47 Å². The first-order chi connectivity index (χ1) is 19.8. The highest BCUT2D eigenvalue weighted by molar-refractivity contribution is 7.91. The minimum atomic E-state index is -4.09. The molecule has 6 rings (SSSR count). The van der Waals surface area contributed by atoms with Gasteiger partial charge in [0.1, 0.15) is 5.82 Å². The van der Waals surface area contributed by atoms with Gasteiger partial charge < -0.3 is 19.3 Å². The Hall–Kier alpha value is -4.70. The van der Waals surface area contributed by atoms with E-state index in [1.807, 2.05) is 18.2 Å². The van der Waals surface area contributed by atoms with E-state index in [2.05, 4.69) is 9.88 Å². The Bertz CT molecular complexity index is 1780. The van der Waals surface area contributed by atoms with Crippen molar-refractivity contribution in [1.82, 2.24) is 9.88 Å². The maximum atomic E-state index is 13.9. The Morgan fingerprint density at radius 1 is 0.805 bits per heavy atom. The first-order valence-electron chi connectivity index (χ1n) is 13.1. The maximum absolute atomic E-state index is 13.9. The van der Waals surface area contributed by atoms with Crippen LogP contribution in [0.25, 0.3) is 11.1 Å². The number of benzene rings is 3. The minimum absolute atomic E-state index is 0.0435. The molecule has 0 saturated carbocycles. The summed E-state index contributed by atoms with van der Waals surface area (Å²) in [6.45, 7) is 1.99. The number of anilines is 1. The zero-order valence-electron chi connectivity index (χ0n) is 22.5. The lowest BCUT2D eigenvalue weighted by molar-refractivity contribution is 0.0741. The predicted octanol–water partition coefficient (Wildman–Crippen LogP) is 4.11. The molecule has 9 nitrogen and oxygen atoms in total. The van der Waals surface area contributed by atoms with Crippen LogP contribution < -0.4 is 14.4 Å². The zero-order valence-corrected chi connectivity index (χ0v) is 23.3. The molecule has 0 radical (unpaired) electrons. The number of amides is 1. The Morgan fingerprint density at radius 2 is 1.54 bits per heavy atom. The van der Waals surface area contributed by atoms with E-state index in [-0.39, 0.29) is 32.4 Å². The lowest BCUT2D eigenvalue weighted by atomic mass is 9.95. The fourth-order valence-electron chi connectivity index (χ4n) is 5.40. The quantitative estimate of drug-likeness (QED) is 0.312. The summed E-state index contributed by atoms with van der Waals surface area (Å²) < 4.78 is 38.4. The number of rotatable bonds is 5. The first kappa shape index (κ1) is 26.5. The van der Waals surface area contributed by atoms with Crippen molar-refractivity contribution < 1.29 is 27.5 Å². The van der Waals surface area contributed by atoms with Crippen LogP contribution in [0.5, 0.6) is 11.5 Å². The largest absolute Gasteiger partial charge is 0.493 e. The standard InChI is InChI=1S/C31H27N3O6S/c1-39-24-12-10-20(18-25(24)40-2)21-9-11-22-27(19-21)41(37,38)26-7-5-6-23(29(26)30(22)35)31(36)34-16-14-33(15-17-34)28-8-3-4-13-32-28/h3-13,18-19H,14-17H2,1-2H3. The molecule has 3 aromatic carbocycles. The highest BCUT2D eigenvalue weighted by Gasteiger charge is 2.38. The van der Waals surface area contributed by atoms with Gasteiger partial charge in [0.15, 0.2) is 17.3 Å². The van der Waals surface area contributed by atoms with Crippen LogP contribution in [0.2, 0.25) is 0 Å². The molecule has 1 aromatic heterocycles. The van der Waals surface area contributed by atoms with Crippen LogP contribution in [0.3, 0.4) is 0 Å². The van der Waals surface area contributed by atoms with Gasteiger partial charge in [-0.1, -0.05) is 24.3 Å². The second-order valence-corrected chi connectivity index (χ2v) is 11.6. The first-order valence-corrected chi connectivity index (χ1v) is 14.6. The number of piperazine rings is 1. The number of ether oxygens (including phenoxy) is 2. The fourth-order valence-corrected chi connectivity index (χ4v) is 7.10. The number of carbonyl (C=O) groups excluding carboxylic acids is 2. The summed E-state index contributed by atoms with van der Waals surface area (Å²) in [6.07, 6.45) is 1.73. The van der Waals surface area contributed by atoms with Gasteiger partial charge in [-0.25, -0.2) is 13.4 Å². The van der Waals surface area contributed by atoms with E-state index in [1.54, 1.807) is 35.4 Å². The summed E-state index contributed by atoms with van der Waals surface area (Å²) >= 11 is 0. The van der Waals surface area contributed by atoms with Crippen molar-refractivity contribution in [3.8, 4) is 22.6 Å². The van der Waals surface area contributed by atoms with Crippen LogP contribution >= 0.6 is 0 Å². The number of nitrogens with zero attached hydrogens (tertiary/aromatic N) is 3. The van der Waals surface area contributed by atoms with Crippen molar-refractivity contribution in [2.75, 3.05) is 45.3 Å². The fraction of sp³-hybridized carbons (Fsp3) is 0.194. The summed E-state index contributed by atoms with van der Waals surface area (Å²) in [5.41, 5.74) is 1.37. The van der Waals surface area contributed by atoms with Gasteiger partial charge in [-0.3, -0.25) is 9.59 Å². The second-order valence-electron chi connectivity index (χ2n) is 9.76. The van der Waals surface area contributed by atoms with E-state index in [9.17, 15) is 18.0 Å². The smallest absolute Gasteiger partial charge is 0.254 e. The van der Waals surface area contributed by atoms with Gasteiger partial charge in [0.25, 0.3) is 5.91 Å². The number of hydrogen-bond donors (Lipinski definition) is 0. The molecule has 0 N–H and O–H groups in total. The molecule has 0 bridgehead atoms. The number of fused-ring (bicyclic) bond motifs is 2. The molecule has 0 aliphatic carbocycles. The van der Waals surface area contributed by atoms with Crippen molar-refractivity contribution >= 4 is 27.3 Å². The molecule has 2 aliphatic heterocycles. The third kappa shape index (κ3) is 4.50. The van der Waals surface area contributed by atoms with Gasteiger partial charge in [0.2, 0.25) is 9.84 Å². The van der Waals surface area contributed by atoms with E-state index < -0.39 is 15.6 Å². The minimum Gasteiger partial charge on any atom is -0.493 e.